The summed E-state index contributed by atoms with van der Waals surface area (Å²) < 4.78 is 5.10. The van der Waals surface area contributed by atoms with E-state index >= 15 is 0 Å². The van der Waals surface area contributed by atoms with E-state index in [1.54, 1.807) is 31.4 Å². The number of nitrogens with one attached hydrogen (secondary N) is 1. The number of fused-ring (bicyclic) bond motifs is 2. The molecule has 1 aromatic carbocycles. The largest absolute Gasteiger partial charge is 0.497 e. The van der Waals surface area contributed by atoms with E-state index in [4.69, 9.17) is 4.74 Å². The molecule has 0 aromatic heterocycles. The number of ketones is 1. The van der Waals surface area contributed by atoms with Crippen molar-refractivity contribution in [3.05, 3.63) is 24.3 Å². The van der Waals surface area contributed by atoms with Gasteiger partial charge in [-0.1, -0.05) is 13.8 Å². The molecule has 0 saturated heterocycles. The Bertz CT molecular complexity index is 591. The van der Waals surface area contributed by atoms with Gasteiger partial charge >= 0.3 is 0 Å². The zero-order chi connectivity index (χ0) is 15.3. The molecule has 0 heterocycles. The van der Waals surface area contributed by atoms with E-state index in [9.17, 15) is 9.59 Å². The summed E-state index contributed by atoms with van der Waals surface area (Å²) in [7, 11) is 1.60. The van der Waals surface area contributed by atoms with Crippen LogP contribution >= 0.6 is 0 Å². The highest BCUT2D eigenvalue weighted by Crippen LogP contribution is 2.60. The van der Waals surface area contributed by atoms with Gasteiger partial charge in [-0.3, -0.25) is 9.59 Å². The molecule has 2 aliphatic rings. The molecule has 0 unspecified atom stereocenters. The summed E-state index contributed by atoms with van der Waals surface area (Å²) in [5.74, 6) is 1.04. The monoisotopic (exact) mass is 287 g/mol. The van der Waals surface area contributed by atoms with Crippen molar-refractivity contribution in [2.75, 3.05) is 12.4 Å². The third-order valence-electron chi connectivity index (χ3n) is 5.34. The second-order valence-electron chi connectivity index (χ2n) is 6.76. The Morgan fingerprint density at radius 2 is 1.95 bits per heavy atom. The maximum absolute atomic E-state index is 12.7. The van der Waals surface area contributed by atoms with E-state index in [2.05, 4.69) is 5.32 Å². The summed E-state index contributed by atoms with van der Waals surface area (Å²) in [4.78, 5) is 25.3. The van der Waals surface area contributed by atoms with Crippen LogP contribution in [0.4, 0.5) is 5.69 Å². The molecule has 0 aliphatic heterocycles. The van der Waals surface area contributed by atoms with Crippen LogP contribution in [0.5, 0.6) is 5.75 Å². The first-order chi connectivity index (χ1) is 9.90. The van der Waals surface area contributed by atoms with E-state index in [1.807, 2.05) is 13.8 Å². The second-order valence-corrected chi connectivity index (χ2v) is 6.76. The lowest BCUT2D eigenvalue weighted by Gasteiger charge is -2.32. The van der Waals surface area contributed by atoms with Gasteiger partial charge in [0, 0.05) is 11.1 Å². The van der Waals surface area contributed by atoms with Crippen molar-refractivity contribution < 1.29 is 14.3 Å². The molecule has 2 atom stereocenters. The Hall–Kier alpha value is -1.84. The fourth-order valence-corrected chi connectivity index (χ4v) is 3.90. The third kappa shape index (κ3) is 1.96. The molecule has 2 fully saturated rings. The topological polar surface area (TPSA) is 55.4 Å². The number of hydrogen-bond donors (Lipinski definition) is 1. The number of anilines is 1. The summed E-state index contributed by atoms with van der Waals surface area (Å²) in [5.41, 5.74) is -0.472. The lowest BCUT2D eigenvalue weighted by atomic mass is 9.70. The average molecular weight is 287 g/mol. The first-order valence-electron chi connectivity index (χ1n) is 7.40. The fourth-order valence-electron chi connectivity index (χ4n) is 3.90. The van der Waals surface area contributed by atoms with E-state index in [0.717, 1.165) is 12.2 Å². The van der Waals surface area contributed by atoms with Gasteiger partial charge in [-0.15, -0.1) is 0 Å². The predicted octanol–water partition coefficient (Wildman–Crippen LogP) is 3.03. The van der Waals surface area contributed by atoms with Gasteiger partial charge in [-0.2, -0.15) is 0 Å². The summed E-state index contributed by atoms with van der Waals surface area (Å²) in [6, 6.07) is 7.19. The Labute approximate surface area is 124 Å². The molecule has 2 aliphatic carbocycles. The highest BCUT2D eigenvalue weighted by molar-refractivity contribution is 6.15. The second kappa shape index (κ2) is 4.58. The zero-order valence-electron chi connectivity index (χ0n) is 12.7. The molecule has 1 amide bonds. The molecule has 21 heavy (non-hydrogen) atoms. The van der Waals surface area contributed by atoms with Gasteiger partial charge in [0.15, 0.2) is 5.78 Å². The van der Waals surface area contributed by atoms with Gasteiger partial charge in [-0.05, 0) is 49.4 Å². The van der Waals surface area contributed by atoms with E-state index in [-0.39, 0.29) is 17.1 Å². The van der Waals surface area contributed by atoms with E-state index in [0.29, 0.717) is 24.4 Å². The molecule has 0 radical (unpaired) electrons. The van der Waals surface area contributed by atoms with Crippen LogP contribution in [-0.4, -0.2) is 18.8 Å². The third-order valence-corrected chi connectivity index (χ3v) is 5.34. The Morgan fingerprint density at radius 1 is 1.29 bits per heavy atom. The Balaban J connectivity index is 1.81. The maximum atomic E-state index is 12.7. The van der Waals surface area contributed by atoms with Crippen LogP contribution in [0.1, 0.15) is 33.1 Å². The zero-order valence-corrected chi connectivity index (χ0v) is 12.7. The van der Waals surface area contributed by atoms with Crippen molar-refractivity contribution in [3.8, 4) is 5.75 Å². The molecule has 112 valence electrons. The summed E-state index contributed by atoms with van der Waals surface area (Å²) >= 11 is 0. The van der Waals surface area contributed by atoms with Gasteiger partial charge in [0.25, 0.3) is 0 Å². The average Bonchev–Trinajstić information content (AvgIpc) is 3.00. The number of carbonyl (C=O) groups is 2. The first kappa shape index (κ1) is 14.1. The minimum absolute atomic E-state index is 0.109. The van der Waals surface area contributed by atoms with Crippen LogP contribution in [0.3, 0.4) is 0 Å². The maximum Gasteiger partial charge on any atom is 0.238 e. The molecule has 4 nitrogen and oxygen atoms in total. The van der Waals surface area contributed by atoms with Crippen molar-refractivity contribution in [2.24, 2.45) is 16.7 Å². The molecule has 1 N–H and O–H groups in total. The van der Waals surface area contributed by atoms with Crippen LogP contribution < -0.4 is 10.1 Å². The Morgan fingerprint density at radius 3 is 2.48 bits per heavy atom. The Kier molecular flexibility index (Phi) is 3.08. The predicted molar refractivity (Wildman–Crippen MR) is 80.2 cm³/mol. The number of benzene rings is 1. The van der Waals surface area contributed by atoms with Crippen LogP contribution in [0.25, 0.3) is 0 Å². The summed E-state index contributed by atoms with van der Waals surface area (Å²) in [5, 5.41) is 2.91. The molecule has 1 aromatic rings. The number of ether oxygens (including phenoxy) is 1. The SMILES string of the molecule is COc1ccc(NC(=O)[C@]23CC[C@H](C2)C(C)(C)C3=O)cc1. The van der Waals surface area contributed by atoms with Crippen molar-refractivity contribution in [1.29, 1.82) is 0 Å². The van der Waals surface area contributed by atoms with Crippen LogP contribution in [0.2, 0.25) is 0 Å². The van der Waals surface area contributed by atoms with E-state index < -0.39 is 5.41 Å². The van der Waals surface area contributed by atoms with Crippen molar-refractivity contribution >= 4 is 17.4 Å². The summed E-state index contributed by atoms with van der Waals surface area (Å²) in [6.45, 7) is 3.95. The lowest BCUT2D eigenvalue weighted by molar-refractivity contribution is -0.142. The van der Waals surface area contributed by atoms with Crippen LogP contribution in [0.15, 0.2) is 24.3 Å². The van der Waals surface area contributed by atoms with Crippen LogP contribution in [-0.2, 0) is 9.59 Å². The van der Waals surface area contributed by atoms with Gasteiger partial charge < -0.3 is 10.1 Å². The van der Waals surface area contributed by atoms with Gasteiger partial charge in [0.05, 0.1) is 7.11 Å². The highest BCUT2D eigenvalue weighted by Gasteiger charge is 2.64. The van der Waals surface area contributed by atoms with E-state index in [1.165, 1.54) is 0 Å². The molecule has 4 heteroatoms. The molecule has 2 bridgehead atoms. The van der Waals surface area contributed by atoms with Gasteiger partial charge in [-0.25, -0.2) is 0 Å². The van der Waals surface area contributed by atoms with Gasteiger partial charge in [0.2, 0.25) is 5.91 Å². The molecule has 2 saturated carbocycles. The minimum Gasteiger partial charge on any atom is -0.497 e. The molecular formula is C17H21NO3. The van der Waals surface area contributed by atoms with Crippen molar-refractivity contribution in [1.82, 2.24) is 0 Å². The minimum atomic E-state index is -0.811. The van der Waals surface area contributed by atoms with Gasteiger partial charge in [0.1, 0.15) is 11.2 Å². The molecular weight excluding hydrogens is 266 g/mol. The number of amides is 1. The smallest absolute Gasteiger partial charge is 0.238 e. The first-order valence-corrected chi connectivity index (χ1v) is 7.40. The number of Topliss-reactive ketones (excluding diaryl/α,β-unsaturated/α-hetero) is 1. The highest BCUT2D eigenvalue weighted by atomic mass is 16.5. The molecule has 3 rings (SSSR count). The number of hydrogen-bond acceptors (Lipinski definition) is 3. The lowest BCUT2D eigenvalue weighted by Crippen LogP contribution is -2.44. The molecule has 0 spiro atoms. The van der Waals surface area contributed by atoms with Crippen molar-refractivity contribution in [2.45, 2.75) is 33.1 Å². The number of rotatable bonds is 3. The van der Waals surface area contributed by atoms with Crippen molar-refractivity contribution in [3.63, 3.8) is 0 Å². The number of methoxy groups -OCH3 is 1. The standard InChI is InChI=1S/C17H21NO3/c1-16(2)11-8-9-17(10-11,14(16)19)15(20)18-12-4-6-13(21-3)7-5-12/h4-7,11H,8-10H2,1-3H3,(H,18,20)/t11-,17-/m1/s1. The van der Waals surface area contributed by atoms with Crippen LogP contribution in [0, 0.1) is 16.7 Å². The summed E-state index contributed by atoms with van der Waals surface area (Å²) in [6.07, 6.45) is 2.34. The number of carbonyl (C=O) groups excluding carboxylic acids is 2. The normalized spacial score (nSPS) is 29.5. The fraction of sp³-hybridized carbons (Fsp3) is 0.529. The quantitative estimate of drug-likeness (QED) is 0.869.